The summed E-state index contributed by atoms with van der Waals surface area (Å²) in [4.78, 5) is 3.98. The molecule has 0 amide bonds. The second-order valence-electron chi connectivity index (χ2n) is 5.14. The molecule has 2 rings (SSSR count). The Kier molecular flexibility index (Phi) is 6.94. The van der Waals surface area contributed by atoms with Crippen LogP contribution in [0.15, 0.2) is 24.5 Å². The van der Waals surface area contributed by atoms with Gasteiger partial charge in [0.05, 0.1) is 25.4 Å². The molecule has 20 heavy (non-hydrogen) atoms. The van der Waals surface area contributed by atoms with Gasteiger partial charge in [-0.25, -0.2) is 0 Å². The van der Waals surface area contributed by atoms with Gasteiger partial charge in [-0.05, 0) is 43.5 Å². The highest BCUT2D eigenvalue weighted by atomic mass is 16.5. The number of ether oxygens (including phenoxy) is 2. The highest BCUT2D eigenvalue weighted by molar-refractivity contribution is 5.09. The quantitative estimate of drug-likeness (QED) is 0.654. The van der Waals surface area contributed by atoms with Crippen LogP contribution < -0.4 is 5.32 Å². The fraction of sp³-hybridized carbons (Fsp3) is 0.667. The summed E-state index contributed by atoms with van der Waals surface area (Å²) in [6.07, 6.45) is 6.47. The van der Waals surface area contributed by atoms with Crippen molar-refractivity contribution in [3.8, 4) is 0 Å². The maximum atomic E-state index is 9.78. The Hall–Kier alpha value is -1.01. The lowest BCUT2D eigenvalue weighted by molar-refractivity contribution is -0.0163. The van der Waals surface area contributed by atoms with Gasteiger partial charge in [0, 0.05) is 25.5 Å². The van der Waals surface area contributed by atoms with Gasteiger partial charge in [0.1, 0.15) is 0 Å². The molecular formula is C15H24N2O3. The number of rotatable bonds is 9. The van der Waals surface area contributed by atoms with Crippen LogP contribution in [-0.4, -0.2) is 55.2 Å². The summed E-state index contributed by atoms with van der Waals surface area (Å²) in [6, 6.07) is 4.01. The van der Waals surface area contributed by atoms with E-state index in [2.05, 4.69) is 10.3 Å². The van der Waals surface area contributed by atoms with Gasteiger partial charge in [-0.1, -0.05) is 0 Å². The van der Waals surface area contributed by atoms with E-state index in [1.807, 2.05) is 12.1 Å². The third kappa shape index (κ3) is 5.96. The maximum absolute atomic E-state index is 9.78. The first-order valence-corrected chi connectivity index (χ1v) is 7.31. The first kappa shape index (κ1) is 15.4. The molecule has 1 aromatic heterocycles. The first-order chi connectivity index (χ1) is 9.84. The summed E-state index contributed by atoms with van der Waals surface area (Å²) >= 11 is 0. The van der Waals surface area contributed by atoms with Crippen molar-refractivity contribution >= 4 is 0 Å². The summed E-state index contributed by atoms with van der Waals surface area (Å²) in [6.45, 7) is 3.19. The summed E-state index contributed by atoms with van der Waals surface area (Å²) in [5.74, 6) is 0. The Morgan fingerprint density at radius 2 is 2.30 bits per heavy atom. The third-order valence-corrected chi connectivity index (χ3v) is 3.36. The van der Waals surface area contributed by atoms with Crippen LogP contribution >= 0.6 is 0 Å². The Morgan fingerprint density at radius 3 is 3.05 bits per heavy atom. The first-order valence-electron chi connectivity index (χ1n) is 7.31. The van der Waals surface area contributed by atoms with Crippen LogP contribution in [0.25, 0.3) is 0 Å². The van der Waals surface area contributed by atoms with E-state index in [0.29, 0.717) is 19.8 Å². The highest BCUT2D eigenvalue weighted by Gasteiger charge is 2.15. The zero-order valence-corrected chi connectivity index (χ0v) is 11.8. The van der Waals surface area contributed by atoms with Gasteiger partial charge in [-0.15, -0.1) is 0 Å². The van der Waals surface area contributed by atoms with Crippen molar-refractivity contribution in [2.24, 2.45) is 0 Å². The van der Waals surface area contributed by atoms with E-state index >= 15 is 0 Å². The van der Waals surface area contributed by atoms with Gasteiger partial charge in [-0.2, -0.15) is 0 Å². The van der Waals surface area contributed by atoms with E-state index in [9.17, 15) is 5.11 Å². The van der Waals surface area contributed by atoms with Crippen molar-refractivity contribution in [3.63, 3.8) is 0 Å². The second kappa shape index (κ2) is 9.02. The van der Waals surface area contributed by atoms with Gasteiger partial charge in [-0.3, -0.25) is 4.98 Å². The molecular weight excluding hydrogens is 256 g/mol. The molecule has 0 spiro atoms. The van der Waals surface area contributed by atoms with E-state index in [-0.39, 0.29) is 6.10 Å². The van der Waals surface area contributed by atoms with E-state index in [4.69, 9.17) is 9.47 Å². The Morgan fingerprint density at radius 1 is 1.45 bits per heavy atom. The molecule has 2 heterocycles. The summed E-state index contributed by atoms with van der Waals surface area (Å²) in [5, 5.41) is 13.0. The largest absolute Gasteiger partial charge is 0.389 e. The molecule has 0 radical (unpaired) electrons. The number of hydrogen-bond donors (Lipinski definition) is 2. The number of hydrogen-bond acceptors (Lipinski definition) is 5. The normalized spacial score (nSPS) is 20.1. The van der Waals surface area contributed by atoms with Crippen LogP contribution in [0.5, 0.6) is 0 Å². The molecule has 0 aromatic carbocycles. The van der Waals surface area contributed by atoms with Crippen molar-refractivity contribution in [2.45, 2.75) is 31.5 Å². The minimum atomic E-state index is -0.464. The van der Waals surface area contributed by atoms with Crippen molar-refractivity contribution in [1.29, 1.82) is 0 Å². The molecule has 5 nitrogen and oxygen atoms in total. The molecule has 2 atom stereocenters. The number of aliphatic hydroxyl groups excluding tert-OH is 1. The fourth-order valence-corrected chi connectivity index (χ4v) is 2.22. The van der Waals surface area contributed by atoms with Gasteiger partial charge < -0.3 is 19.9 Å². The lowest BCUT2D eigenvalue weighted by atomic mass is 10.2. The fourth-order valence-electron chi connectivity index (χ4n) is 2.22. The predicted octanol–water partition coefficient (Wildman–Crippen LogP) is 0.770. The Bertz CT molecular complexity index is 355. The maximum Gasteiger partial charge on any atom is 0.0897 e. The average Bonchev–Trinajstić information content (AvgIpc) is 2.98. The van der Waals surface area contributed by atoms with E-state index in [0.717, 1.165) is 32.4 Å². The van der Waals surface area contributed by atoms with Crippen molar-refractivity contribution in [3.05, 3.63) is 30.1 Å². The zero-order valence-electron chi connectivity index (χ0n) is 11.8. The second-order valence-corrected chi connectivity index (χ2v) is 5.14. The molecule has 1 aliphatic rings. The minimum absolute atomic E-state index is 0.224. The van der Waals surface area contributed by atoms with E-state index in [1.165, 1.54) is 5.56 Å². The summed E-state index contributed by atoms with van der Waals surface area (Å²) in [5.41, 5.74) is 1.25. The molecule has 1 aliphatic heterocycles. The van der Waals surface area contributed by atoms with E-state index < -0.39 is 6.10 Å². The van der Waals surface area contributed by atoms with Crippen LogP contribution in [-0.2, 0) is 15.9 Å². The molecule has 1 saturated heterocycles. The minimum Gasteiger partial charge on any atom is -0.389 e. The smallest absolute Gasteiger partial charge is 0.0897 e. The average molecular weight is 280 g/mol. The van der Waals surface area contributed by atoms with Gasteiger partial charge in [0.15, 0.2) is 0 Å². The number of nitrogens with one attached hydrogen (secondary N) is 1. The Labute approximate surface area is 120 Å². The van der Waals surface area contributed by atoms with Gasteiger partial charge >= 0.3 is 0 Å². The van der Waals surface area contributed by atoms with Gasteiger partial charge in [0.2, 0.25) is 0 Å². The van der Waals surface area contributed by atoms with Crippen molar-refractivity contribution in [2.75, 3.05) is 32.9 Å². The molecule has 5 heteroatoms. The zero-order chi connectivity index (χ0) is 14.0. The molecule has 2 unspecified atom stereocenters. The third-order valence-electron chi connectivity index (χ3n) is 3.36. The summed E-state index contributed by atoms with van der Waals surface area (Å²) in [7, 11) is 0. The van der Waals surface area contributed by atoms with Crippen molar-refractivity contribution < 1.29 is 14.6 Å². The highest BCUT2D eigenvalue weighted by Crippen LogP contribution is 2.11. The SMILES string of the molecule is OC(CNCCc1ccncc1)COCC1CCCO1. The Balaban J connectivity index is 1.46. The summed E-state index contributed by atoms with van der Waals surface area (Å²) < 4.78 is 10.9. The molecule has 1 fully saturated rings. The molecule has 112 valence electrons. The monoisotopic (exact) mass is 280 g/mol. The standard InChI is InChI=1S/C15H24N2O3/c18-14(11-19-12-15-2-1-9-20-15)10-17-8-5-13-3-6-16-7-4-13/h3-4,6-7,14-15,17-18H,1-2,5,8-12H2. The molecule has 2 N–H and O–H groups in total. The number of nitrogens with zero attached hydrogens (tertiary/aromatic N) is 1. The topological polar surface area (TPSA) is 63.6 Å². The lowest BCUT2D eigenvalue weighted by Crippen LogP contribution is -2.32. The molecule has 0 bridgehead atoms. The van der Waals surface area contributed by atoms with Crippen LogP contribution in [0.2, 0.25) is 0 Å². The number of pyridine rings is 1. The molecule has 0 saturated carbocycles. The van der Waals surface area contributed by atoms with Crippen LogP contribution in [0.3, 0.4) is 0 Å². The lowest BCUT2D eigenvalue weighted by Gasteiger charge is -2.14. The number of aliphatic hydroxyl groups is 1. The predicted molar refractivity (Wildman–Crippen MR) is 76.6 cm³/mol. The molecule has 0 aliphatic carbocycles. The molecule has 1 aromatic rings. The van der Waals surface area contributed by atoms with Crippen LogP contribution in [0.1, 0.15) is 18.4 Å². The van der Waals surface area contributed by atoms with Gasteiger partial charge in [0.25, 0.3) is 0 Å². The van der Waals surface area contributed by atoms with Crippen molar-refractivity contribution in [1.82, 2.24) is 10.3 Å². The van der Waals surface area contributed by atoms with E-state index in [1.54, 1.807) is 12.4 Å². The number of aromatic nitrogens is 1. The van der Waals surface area contributed by atoms with Crippen LogP contribution in [0.4, 0.5) is 0 Å². The van der Waals surface area contributed by atoms with Crippen LogP contribution in [0, 0.1) is 0 Å².